The fourth-order valence-electron chi connectivity index (χ4n) is 3.51. The highest BCUT2D eigenvalue weighted by molar-refractivity contribution is 7.99. The Morgan fingerprint density at radius 1 is 1.06 bits per heavy atom. The SMILES string of the molecule is CCN1CCCC(NC2CCCCC2SC)CC1. The summed E-state index contributed by atoms with van der Waals surface area (Å²) in [5, 5.41) is 4.86. The molecule has 0 radical (unpaired) electrons. The van der Waals surface area contributed by atoms with Gasteiger partial charge in [0.2, 0.25) is 0 Å². The van der Waals surface area contributed by atoms with Crippen LogP contribution in [0.25, 0.3) is 0 Å². The molecule has 2 nitrogen and oxygen atoms in total. The van der Waals surface area contributed by atoms with E-state index in [0.29, 0.717) is 0 Å². The van der Waals surface area contributed by atoms with Crippen molar-refractivity contribution >= 4 is 11.8 Å². The van der Waals surface area contributed by atoms with Crippen molar-refractivity contribution in [3.63, 3.8) is 0 Å². The van der Waals surface area contributed by atoms with Gasteiger partial charge in [-0.05, 0) is 58.0 Å². The molecule has 18 heavy (non-hydrogen) atoms. The smallest absolute Gasteiger partial charge is 0.0198 e. The quantitative estimate of drug-likeness (QED) is 0.845. The molecule has 1 heterocycles. The summed E-state index contributed by atoms with van der Waals surface area (Å²) in [7, 11) is 0. The van der Waals surface area contributed by atoms with Crippen LogP contribution in [0.1, 0.15) is 51.9 Å². The lowest BCUT2D eigenvalue weighted by Gasteiger charge is -2.34. The minimum atomic E-state index is 0.777. The summed E-state index contributed by atoms with van der Waals surface area (Å²) >= 11 is 2.08. The van der Waals surface area contributed by atoms with Crippen molar-refractivity contribution in [2.75, 3.05) is 25.9 Å². The van der Waals surface area contributed by atoms with Gasteiger partial charge < -0.3 is 10.2 Å². The fraction of sp³-hybridized carbons (Fsp3) is 1.00. The molecule has 1 N–H and O–H groups in total. The summed E-state index contributed by atoms with van der Waals surface area (Å²) in [6.45, 7) is 6.12. The highest BCUT2D eigenvalue weighted by Gasteiger charge is 2.27. The summed E-state index contributed by atoms with van der Waals surface area (Å²) in [6.07, 6.45) is 12.1. The Kier molecular flexibility index (Phi) is 6.33. The van der Waals surface area contributed by atoms with E-state index in [4.69, 9.17) is 0 Å². The third-order valence-electron chi connectivity index (χ3n) is 4.72. The monoisotopic (exact) mass is 270 g/mol. The molecule has 0 aromatic carbocycles. The van der Waals surface area contributed by atoms with Gasteiger partial charge in [0.05, 0.1) is 0 Å². The average molecular weight is 270 g/mol. The molecule has 106 valence electrons. The van der Waals surface area contributed by atoms with Gasteiger partial charge in [-0.25, -0.2) is 0 Å². The zero-order chi connectivity index (χ0) is 12.8. The topological polar surface area (TPSA) is 15.3 Å². The summed E-state index contributed by atoms with van der Waals surface area (Å²) < 4.78 is 0. The van der Waals surface area contributed by atoms with Crippen molar-refractivity contribution in [3.8, 4) is 0 Å². The number of likely N-dealkylation sites (tertiary alicyclic amines) is 1. The van der Waals surface area contributed by atoms with Gasteiger partial charge in [-0.1, -0.05) is 19.8 Å². The lowest BCUT2D eigenvalue weighted by atomic mass is 9.93. The first-order valence-electron chi connectivity index (χ1n) is 7.84. The number of rotatable bonds is 4. The minimum Gasteiger partial charge on any atom is -0.310 e. The van der Waals surface area contributed by atoms with Gasteiger partial charge in [0, 0.05) is 17.3 Å². The largest absolute Gasteiger partial charge is 0.310 e. The van der Waals surface area contributed by atoms with Gasteiger partial charge in [0.1, 0.15) is 0 Å². The first kappa shape index (κ1) is 14.7. The standard InChI is InChI=1S/C15H30N2S/c1-3-17-11-6-7-13(10-12-17)16-14-8-4-5-9-15(14)18-2/h13-16H,3-12H2,1-2H3. The molecule has 0 aromatic heterocycles. The van der Waals surface area contributed by atoms with Crippen LogP contribution in [-0.4, -0.2) is 48.1 Å². The zero-order valence-electron chi connectivity index (χ0n) is 12.2. The Bertz CT molecular complexity index is 235. The van der Waals surface area contributed by atoms with E-state index in [1.165, 1.54) is 64.6 Å². The van der Waals surface area contributed by atoms with Crippen molar-refractivity contribution < 1.29 is 0 Å². The van der Waals surface area contributed by atoms with Crippen LogP contribution in [0.15, 0.2) is 0 Å². The first-order chi connectivity index (χ1) is 8.83. The second-order valence-corrected chi connectivity index (χ2v) is 6.97. The van der Waals surface area contributed by atoms with Gasteiger partial charge in [-0.2, -0.15) is 11.8 Å². The molecule has 3 atom stereocenters. The van der Waals surface area contributed by atoms with E-state index >= 15 is 0 Å². The van der Waals surface area contributed by atoms with Gasteiger partial charge in [0.25, 0.3) is 0 Å². The normalized spacial score (nSPS) is 35.3. The Balaban J connectivity index is 1.80. The van der Waals surface area contributed by atoms with E-state index in [1.54, 1.807) is 0 Å². The molecule has 2 aliphatic rings. The number of hydrogen-bond donors (Lipinski definition) is 1. The second kappa shape index (κ2) is 7.76. The summed E-state index contributed by atoms with van der Waals surface area (Å²) in [5.41, 5.74) is 0. The Labute approximate surface area is 117 Å². The van der Waals surface area contributed by atoms with Crippen LogP contribution in [0.4, 0.5) is 0 Å². The molecule has 1 aliphatic carbocycles. The van der Waals surface area contributed by atoms with Crippen LogP contribution < -0.4 is 5.32 Å². The van der Waals surface area contributed by atoms with Gasteiger partial charge in [-0.15, -0.1) is 0 Å². The minimum absolute atomic E-state index is 0.777. The predicted octanol–water partition coefficient (Wildman–Crippen LogP) is 3.12. The molecule has 3 unspecified atom stereocenters. The molecule has 0 aromatic rings. The molecule has 0 amide bonds. The van der Waals surface area contributed by atoms with Crippen LogP contribution >= 0.6 is 11.8 Å². The van der Waals surface area contributed by atoms with Crippen LogP contribution in [0.5, 0.6) is 0 Å². The van der Waals surface area contributed by atoms with Crippen LogP contribution in [0.3, 0.4) is 0 Å². The lowest BCUT2D eigenvalue weighted by molar-refractivity contribution is 0.289. The molecule has 0 bridgehead atoms. The van der Waals surface area contributed by atoms with Crippen LogP contribution in [-0.2, 0) is 0 Å². The van der Waals surface area contributed by atoms with E-state index in [-0.39, 0.29) is 0 Å². The molecule has 1 aliphatic heterocycles. The maximum Gasteiger partial charge on any atom is 0.0198 e. The molecule has 1 saturated heterocycles. The Morgan fingerprint density at radius 3 is 2.67 bits per heavy atom. The van der Waals surface area contributed by atoms with E-state index in [9.17, 15) is 0 Å². The van der Waals surface area contributed by atoms with Crippen molar-refractivity contribution in [1.29, 1.82) is 0 Å². The van der Waals surface area contributed by atoms with E-state index in [1.807, 2.05) is 0 Å². The van der Waals surface area contributed by atoms with Crippen molar-refractivity contribution in [2.45, 2.75) is 69.2 Å². The predicted molar refractivity (Wildman–Crippen MR) is 82.4 cm³/mol. The maximum absolute atomic E-state index is 4.00. The van der Waals surface area contributed by atoms with Crippen LogP contribution in [0.2, 0.25) is 0 Å². The third kappa shape index (κ3) is 4.14. The zero-order valence-corrected chi connectivity index (χ0v) is 13.0. The van der Waals surface area contributed by atoms with Crippen molar-refractivity contribution in [2.24, 2.45) is 0 Å². The second-order valence-electron chi connectivity index (χ2n) is 5.89. The Hall–Kier alpha value is 0.270. The summed E-state index contributed by atoms with van der Waals surface area (Å²) in [6, 6.07) is 1.56. The fourth-order valence-corrected chi connectivity index (χ4v) is 4.46. The molecular formula is C15H30N2S. The average Bonchev–Trinajstić information content (AvgIpc) is 2.64. The van der Waals surface area contributed by atoms with E-state index < -0.39 is 0 Å². The molecule has 3 heteroatoms. The number of nitrogens with zero attached hydrogens (tertiary/aromatic N) is 1. The highest BCUT2D eigenvalue weighted by Crippen LogP contribution is 2.28. The third-order valence-corrected chi connectivity index (χ3v) is 5.89. The van der Waals surface area contributed by atoms with Crippen molar-refractivity contribution in [3.05, 3.63) is 0 Å². The molecular weight excluding hydrogens is 240 g/mol. The molecule has 2 rings (SSSR count). The molecule has 0 spiro atoms. The van der Waals surface area contributed by atoms with E-state index in [2.05, 4.69) is 35.2 Å². The molecule has 1 saturated carbocycles. The Morgan fingerprint density at radius 2 is 1.89 bits per heavy atom. The molecule has 2 fully saturated rings. The summed E-state index contributed by atoms with van der Waals surface area (Å²) in [5.74, 6) is 0. The summed E-state index contributed by atoms with van der Waals surface area (Å²) in [4.78, 5) is 2.61. The number of thioether (sulfide) groups is 1. The van der Waals surface area contributed by atoms with E-state index in [0.717, 1.165) is 17.3 Å². The van der Waals surface area contributed by atoms with Crippen molar-refractivity contribution in [1.82, 2.24) is 10.2 Å². The number of nitrogens with one attached hydrogen (secondary N) is 1. The highest BCUT2D eigenvalue weighted by atomic mass is 32.2. The van der Waals surface area contributed by atoms with Crippen LogP contribution in [0, 0.1) is 0 Å². The van der Waals surface area contributed by atoms with Gasteiger partial charge >= 0.3 is 0 Å². The lowest BCUT2D eigenvalue weighted by Crippen LogP contribution is -2.46. The first-order valence-corrected chi connectivity index (χ1v) is 9.13. The van der Waals surface area contributed by atoms with Gasteiger partial charge in [0.15, 0.2) is 0 Å². The van der Waals surface area contributed by atoms with Gasteiger partial charge in [-0.3, -0.25) is 0 Å². The maximum atomic E-state index is 4.00. The number of hydrogen-bond acceptors (Lipinski definition) is 3.